The third-order valence-corrected chi connectivity index (χ3v) is 2.54. The lowest BCUT2D eigenvalue weighted by Gasteiger charge is -2.05. The van der Waals surface area contributed by atoms with E-state index in [9.17, 15) is 14.0 Å². The lowest BCUT2D eigenvalue weighted by atomic mass is 10.0. The molecule has 0 unspecified atom stereocenters. The van der Waals surface area contributed by atoms with E-state index in [0.29, 0.717) is 24.8 Å². The van der Waals surface area contributed by atoms with Gasteiger partial charge in [-0.25, -0.2) is 4.39 Å². The summed E-state index contributed by atoms with van der Waals surface area (Å²) >= 11 is 0. The molecule has 1 rings (SSSR count). The van der Waals surface area contributed by atoms with Crippen LogP contribution in [0.2, 0.25) is 0 Å². The van der Waals surface area contributed by atoms with Gasteiger partial charge >= 0.3 is 0 Å². The van der Waals surface area contributed by atoms with Crippen LogP contribution in [0, 0.1) is 12.7 Å². The standard InChI is InChI=1S/C14H16FNO2/c1-10-6-7-14(15)13(9-17)12(10)5-3-4-8-16-11(2)18/h3,5-7,9H,4,8H2,1-2H3,(H,16,18). The number of aldehydes is 1. The van der Waals surface area contributed by atoms with Gasteiger partial charge in [0.05, 0.1) is 5.56 Å². The first-order valence-electron chi connectivity index (χ1n) is 5.71. The highest BCUT2D eigenvalue weighted by atomic mass is 19.1. The predicted molar refractivity (Wildman–Crippen MR) is 68.9 cm³/mol. The third kappa shape index (κ3) is 3.80. The summed E-state index contributed by atoms with van der Waals surface area (Å²) in [6, 6.07) is 2.92. The number of carbonyl (C=O) groups is 2. The Balaban J connectivity index is 2.77. The zero-order valence-electron chi connectivity index (χ0n) is 10.5. The maximum absolute atomic E-state index is 13.4. The quantitative estimate of drug-likeness (QED) is 0.643. The molecule has 0 radical (unpaired) electrons. The monoisotopic (exact) mass is 249 g/mol. The van der Waals surface area contributed by atoms with Crippen LogP contribution in [-0.2, 0) is 4.79 Å². The highest BCUT2D eigenvalue weighted by Gasteiger charge is 2.07. The molecular weight excluding hydrogens is 233 g/mol. The summed E-state index contributed by atoms with van der Waals surface area (Å²) in [5.74, 6) is -0.601. The molecular formula is C14H16FNO2. The van der Waals surface area contributed by atoms with Crippen LogP contribution in [0.1, 0.15) is 34.8 Å². The van der Waals surface area contributed by atoms with Crippen LogP contribution in [0.15, 0.2) is 18.2 Å². The number of benzene rings is 1. The van der Waals surface area contributed by atoms with Crippen molar-refractivity contribution in [3.05, 3.63) is 40.7 Å². The van der Waals surface area contributed by atoms with Crippen molar-refractivity contribution in [3.63, 3.8) is 0 Å². The van der Waals surface area contributed by atoms with Crippen molar-refractivity contribution in [3.8, 4) is 0 Å². The van der Waals surface area contributed by atoms with Gasteiger partial charge in [0.25, 0.3) is 0 Å². The Morgan fingerprint density at radius 2 is 2.11 bits per heavy atom. The van der Waals surface area contributed by atoms with Crippen molar-refractivity contribution in [2.45, 2.75) is 20.3 Å². The molecule has 0 aliphatic carbocycles. The van der Waals surface area contributed by atoms with E-state index >= 15 is 0 Å². The van der Waals surface area contributed by atoms with Gasteiger partial charge in [-0.2, -0.15) is 0 Å². The molecule has 0 spiro atoms. The van der Waals surface area contributed by atoms with E-state index in [4.69, 9.17) is 0 Å². The molecule has 18 heavy (non-hydrogen) atoms. The largest absolute Gasteiger partial charge is 0.356 e. The van der Waals surface area contributed by atoms with Crippen LogP contribution >= 0.6 is 0 Å². The van der Waals surface area contributed by atoms with Crippen molar-refractivity contribution in [2.24, 2.45) is 0 Å². The van der Waals surface area contributed by atoms with Gasteiger partial charge in [-0.3, -0.25) is 9.59 Å². The van der Waals surface area contributed by atoms with E-state index in [0.717, 1.165) is 5.56 Å². The second-order valence-corrected chi connectivity index (χ2v) is 3.98. The lowest BCUT2D eigenvalue weighted by Crippen LogP contribution is -2.20. The second kappa shape index (κ2) is 6.69. The van der Waals surface area contributed by atoms with Gasteiger partial charge in [-0.15, -0.1) is 0 Å². The summed E-state index contributed by atoms with van der Waals surface area (Å²) in [6.07, 6.45) is 4.68. The van der Waals surface area contributed by atoms with Crippen molar-refractivity contribution in [1.29, 1.82) is 0 Å². The van der Waals surface area contributed by atoms with E-state index in [1.165, 1.54) is 13.0 Å². The smallest absolute Gasteiger partial charge is 0.216 e. The maximum Gasteiger partial charge on any atom is 0.216 e. The third-order valence-electron chi connectivity index (χ3n) is 2.54. The highest BCUT2D eigenvalue weighted by molar-refractivity contribution is 5.83. The molecule has 0 saturated carbocycles. The lowest BCUT2D eigenvalue weighted by molar-refractivity contribution is -0.118. The number of halogens is 1. The molecule has 0 aliphatic rings. The molecule has 0 atom stereocenters. The summed E-state index contributed by atoms with van der Waals surface area (Å²) in [5.41, 5.74) is 1.51. The van der Waals surface area contributed by atoms with Gasteiger partial charge in [-0.1, -0.05) is 18.2 Å². The van der Waals surface area contributed by atoms with E-state index < -0.39 is 5.82 Å². The summed E-state index contributed by atoms with van der Waals surface area (Å²) in [6.45, 7) is 3.79. The summed E-state index contributed by atoms with van der Waals surface area (Å²) in [7, 11) is 0. The molecule has 0 heterocycles. The van der Waals surface area contributed by atoms with Crippen LogP contribution in [0.3, 0.4) is 0 Å². The number of carbonyl (C=O) groups excluding carboxylic acids is 2. The van der Waals surface area contributed by atoms with Gasteiger partial charge in [-0.05, 0) is 30.5 Å². The molecule has 1 aromatic rings. The molecule has 96 valence electrons. The minimum Gasteiger partial charge on any atom is -0.356 e. The minimum atomic E-state index is -0.517. The van der Waals surface area contributed by atoms with Gasteiger partial charge in [0.2, 0.25) is 5.91 Å². The van der Waals surface area contributed by atoms with E-state index in [1.54, 1.807) is 12.1 Å². The molecule has 0 bridgehead atoms. The van der Waals surface area contributed by atoms with Gasteiger partial charge in [0.15, 0.2) is 6.29 Å². The average Bonchev–Trinajstić information content (AvgIpc) is 2.32. The number of rotatable bonds is 5. The second-order valence-electron chi connectivity index (χ2n) is 3.98. The molecule has 4 heteroatoms. The van der Waals surface area contributed by atoms with Crippen LogP contribution in [0.5, 0.6) is 0 Å². The normalized spacial score (nSPS) is 10.6. The zero-order chi connectivity index (χ0) is 13.5. The van der Waals surface area contributed by atoms with E-state index in [1.807, 2.05) is 13.0 Å². The maximum atomic E-state index is 13.4. The molecule has 0 saturated heterocycles. The average molecular weight is 249 g/mol. The van der Waals surface area contributed by atoms with Crippen LogP contribution in [-0.4, -0.2) is 18.7 Å². The molecule has 3 nitrogen and oxygen atoms in total. The number of aryl methyl sites for hydroxylation is 1. The van der Waals surface area contributed by atoms with Crippen LogP contribution in [0.25, 0.3) is 6.08 Å². The Morgan fingerprint density at radius 3 is 2.72 bits per heavy atom. The summed E-state index contributed by atoms with van der Waals surface area (Å²) in [4.78, 5) is 21.5. The molecule has 1 amide bonds. The van der Waals surface area contributed by atoms with Crippen LogP contribution < -0.4 is 5.32 Å². The van der Waals surface area contributed by atoms with Gasteiger partial charge in [0, 0.05) is 13.5 Å². The molecule has 0 aliphatic heterocycles. The van der Waals surface area contributed by atoms with Crippen molar-refractivity contribution < 1.29 is 14.0 Å². The zero-order valence-corrected chi connectivity index (χ0v) is 10.5. The Labute approximate surface area is 106 Å². The predicted octanol–water partition coefficient (Wildman–Crippen LogP) is 2.49. The summed E-state index contributed by atoms with van der Waals surface area (Å²) in [5, 5.41) is 2.65. The van der Waals surface area contributed by atoms with Crippen molar-refractivity contribution >= 4 is 18.3 Å². The highest BCUT2D eigenvalue weighted by Crippen LogP contribution is 2.18. The van der Waals surface area contributed by atoms with Crippen LogP contribution in [0.4, 0.5) is 4.39 Å². The molecule has 0 aromatic heterocycles. The van der Waals surface area contributed by atoms with Gasteiger partial charge in [0.1, 0.15) is 5.82 Å². The Bertz CT molecular complexity index is 481. The minimum absolute atomic E-state index is 0.0748. The first kappa shape index (κ1) is 14.1. The van der Waals surface area contributed by atoms with Gasteiger partial charge < -0.3 is 5.32 Å². The van der Waals surface area contributed by atoms with Crippen molar-refractivity contribution in [1.82, 2.24) is 5.32 Å². The molecule has 1 N–H and O–H groups in total. The fourth-order valence-corrected chi connectivity index (χ4v) is 1.59. The topological polar surface area (TPSA) is 46.2 Å². The SMILES string of the molecule is CC(=O)NCCC=Cc1c(C)ccc(F)c1C=O. The summed E-state index contributed by atoms with van der Waals surface area (Å²) < 4.78 is 13.4. The Kier molecular flexibility index (Phi) is 5.24. The fourth-order valence-electron chi connectivity index (χ4n) is 1.59. The molecule has 0 fully saturated rings. The van der Waals surface area contributed by atoms with E-state index in [2.05, 4.69) is 5.32 Å². The number of hydrogen-bond donors (Lipinski definition) is 1. The van der Waals surface area contributed by atoms with E-state index in [-0.39, 0.29) is 11.5 Å². The first-order valence-corrected chi connectivity index (χ1v) is 5.71. The Morgan fingerprint density at radius 1 is 1.39 bits per heavy atom. The van der Waals surface area contributed by atoms with Crippen molar-refractivity contribution in [2.75, 3.05) is 6.54 Å². The Hall–Kier alpha value is -1.97. The number of amides is 1. The first-order chi connectivity index (χ1) is 8.56. The number of nitrogens with one attached hydrogen (secondary N) is 1. The number of hydrogen-bond acceptors (Lipinski definition) is 2. The fraction of sp³-hybridized carbons (Fsp3) is 0.286. The molecule has 1 aromatic carbocycles.